The molecule has 42 heavy (non-hydrogen) atoms. The van der Waals surface area contributed by atoms with E-state index in [2.05, 4.69) is 0 Å². The van der Waals surface area contributed by atoms with E-state index in [9.17, 15) is 24.0 Å². The minimum absolute atomic E-state index is 0.0365. The summed E-state index contributed by atoms with van der Waals surface area (Å²) in [6, 6.07) is 20.7. The number of hydrazine groups is 1. The second-order valence-electron chi connectivity index (χ2n) is 11.2. The molecular formula is C33H25ClN2O6. The van der Waals surface area contributed by atoms with Crippen LogP contribution in [0.2, 0.25) is 5.02 Å². The van der Waals surface area contributed by atoms with Crippen molar-refractivity contribution in [1.29, 1.82) is 0 Å². The lowest BCUT2D eigenvalue weighted by molar-refractivity contribution is -0.154. The van der Waals surface area contributed by atoms with Crippen molar-refractivity contribution in [3.63, 3.8) is 0 Å². The molecule has 8 rings (SSSR count). The maximum absolute atomic E-state index is 13.8. The van der Waals surface area contributed by atoms with Gasteiger partial charge in [-0.1, -0.05) is 54.1 Å². The van der Waals surface area contributed by atoms with Gasteiger partial charge in [0.25, 0.3) is 17.7 Å². The number of nitrogens with zero attached hydrogens (tertiary/aromatic N) is 2. The molecule has 1 heterocycles. The highest BCUT2D eigenvalue weighted by molar-refractivity contribution is 6.34. The van der Waals surface area contributed by atoms with Crippen molar-refractivity contribution < 1.29 is 28.7 Å². The molecule has 1 aliphatic heterocycles. The Morgan fingerprint density at radius 1 is 0.786 bits per heavy atom. The van der Waals surface area contributed by atoms with Crippen LogP contribution in [0.5, 0.6) is 5.75 Å². The Morgan fingerprint density at radius 2 is 1.38 bits per heavy atom. The monoisotopic (exact) mass is 580 g/mol. The second kappa shape index (κ2) is 10.1. The van der Waals surface area contributed by atoms with Crippen molar-refractivity contribution in [1.82, 2.24) is 10.0 Å². The molecule has 0 radical (unpaired) electrons. The number of hydrogen-bond donors (Lipinski definition) is 0. The van der Waals surface area contributed by atoms with Gasteiger partial charge in [-0.3, -0.25) is 19.2 Å². The number of carbonyl (C=O) groups excluding carboxylic acids is 5. The average molecular weight is 581 g/mol. The van der Waals surface area contributed by atoms with Crippen LogP contribution in [0.4, 0.5) is 0 Å². The van der Waals surface area contributed by atoms with Crippen molar-refractivity contribution >= 4 is 41.1 Å². The third kappa shape index (κ3) is 4.25. The van der Waals surface area contributed by atoms with Gasteiger partial charge in [0, 0.05) is 5.56 Å². The Kier molecular flexibility index (Phi) is 6.31. The zero-order valence-corrected chi connectivity index (χ0v) is 23.0. The number of ketones is 1. The van der Waals surface area contributed by atoms with Gasteiger partial charge in [0.15, 0.2) is 5.78 Å². The summed E-state index contributed by atoms with van der Waals surface area (Å²) in [5.74, 6) is -2.79. The first kappa shape index (κ1) is 26.3. The summed E-state index contributed by atoms with van der Waals surface area (Å²) in [5.41, 5.74) is 0.674. The van der Waals surface area contributed by atoms with E-state index >= 15 is 0 Å². The van der Waals surface area contributed by atoms with E-state index in [0.29, 0.717) is 17.4 Å². The summed E-state index contributed by atoms with van der Waals surface area (Å²) in [5, 5.41) is 1.98. The number of benzene rings is 3. The second-order valence-corrected chi connectivity index (χ2v) is 11.6. The molecule has 3 aromatic carbocycles. The van der Waals surface area contributed by atoms with E-state index in [1.165, 1.54) is 36.4 Å². The van der Waals surface area contributed by atoms with Crippen molar-refractivity contribution in [2.75, 3.05) is 6.54 Å². The molecule has 5 aliphatic rings. The number of imide groups is 1. The molecule has 4 aliphatic carbocycles. The molecule has 0 unspecified atom stereocenters. The quantitative estimate of drug-likeness (QED) is 0.130. The Labute approximate surface area is 246 Å². The first-order valence-corrected chi connectivity index (χ1v) is 14.2. The number of ether oxygens (including phenoxy) is 1. The molecule has 3 amide bonds. The summed E-state index contributed by atoms with van der Waals surface area (Å²) in [7, 11) is 0. The summed E-state index contributed by atoms with van der Waals surface area (Å²) in [4.78, 5) is 67.4. The highest BCUT2D eigenvalue weighted by Crippen LogP contribution is 2.65. The highest BCUT2D eigenvalue weighted by Gasteiger charge is 2.68. The lowest BCUT2D eigenvalue weighted by atomic mass is 9.63. The average Bonchev–Trinajstić information content (AvgIpc) is 3.79. The Bertz CT molecular complexity index is 1630. The van der Waals surface area contributed by atoms with Crippen LogP contribution < -0.4 is 4.74 Å². The fourth-order valence-corrected chi connectivity index (χ4v) is 7.08. The van der Waals surface area contributed by atoms with Crippen LogP contribution in [0, 0.1) is 35.5 Å². The van der Waals surface area contributed by atoms with Crippen LogP contribution in [0.3, 0.4) is 0 Å². The third-order valence-electron chi connectivity index (χ3n) is 8.91. The highest BCUT2D eigenvalue weighted by atomic mass is 35.5. The minimum Gasteiger partial charge on any atom is -0.423 e. The van der Waals surface area contributed by atoms with Gasteiger partial charge in [-0.2, -0.15) is 5.01 Å². The predicted octanol–water partition coefficient (Wildman–Crippen LogP) is 4.85. The molecule has 3 fully saturated rings. The van der Waals surface area contributed by atoms with E-state index in [1.54, 1.807) is 42.5 Å². The smallest absolute Gasteiger partial charge is 0.343 e. The number of Topliss-reactive ketones (excluding diaryl/α,β-unsaturated/α-hetero) is 1. The fourth-order valence-electron chi connectivity index (χ4n) is 6.86. The normalized spacial score (nSPS) is 26.5. The van der Waals surface area contributed by atoms with Crippen LogP contribution in [-0.2, 0) is 9.59 Å². The maximum Gasteiger partial charge on any atom is 0.343 e. The SMILES string of the molecule is O=C(CN(C(=O)c1ccccc1Cl)N1C(=O)[C@@H]2[C@H]3C=C[C@@H]([C@@H]4C[C@H]34)[C@H]2C1=O)c1ccc(OC(=O)c2ccccc2)cc1. The van der Waals surface area contributed by atoms with Gasteiger partial charge in [0.1, 0.15) is 12.3 Å². The molecule has 8 nitrogen and oxygen atoms in total. The first-order valence-electron chi connectivity index (χ1n) is 13.9. The fraction of sp³-hybridized carbons (Fsp3) is 0.242. The Morgan fingerprint density at radius 3 is 2.00 bits per heavy atom. The molecule has 6 atom stereocenters. The van der Waals surface area contributed by atoms with Gasteiger partial charge in [0.2, 0.25) is 0 Å². The zero-order chi connectivity index (χ0) is 29.1. The van der Waals surface area contributed by atoms with E-state index in [-0.39, 0.29) is 33.7 Å². The largest absolute Gasteiger partial charge is 0.423 e. The first-order chi connectivity index (χ1) is 20.3. The topological polar surface area (TPSA) is 101 Å². The lowest BCUT2D eigenvalue weighted by Crippen LogP contribution is -2.52. The van der Waals surface area contributed by atoms with Gasteiger partial charge in [-0.15, -0.1) is 0 Å². The van der Waals surface area contributed by atoms with Crippen molar-refractivity contribution in [3.8, 4) is 5.75 Å². The molecule has 9 heteroatoms. The number of rotatable bonds is 7. The standard InChI is InChI=1S/C33H25ClN2O6/c34-26-9-5-4-8-23(26)30(38)35(36-31(39)28-21-14-15-22(25-16-24(21)25)29(28)32(36)40)17-27(37)18-10-12-20(13-11-18)42-33(41)19-6-2-1-3-7-19/h1-15,21-22,24-25,28-29H,16-17H2/t21-,22-,24-,25+,28+,29+/m0/s1. The van der Waals surface area contributed by atoms with Crippen molar-refractivity contribution in [2.45, 2.75) is 6.42 Å². The molecule has 0 aromatic heterocycles. The van der Waals surface area contributed by atoms with E-state index in [4.69, 9.17) is 16.3 Å². The zero-order valence-electron chi connectivity index (χ0n) is 22.3. The lowest BCUT2D eigenvalue weighted by Gasteiger charge is -2.37. The summed E-state index contributed by atoms with van der Waals surface area (Å²) in [6.45, 7) is -0.556. The van der Waals surface area contributed by atoms with Gasteiger partial charge >= 0.3 is 5.97 Å². The number of amides is 3. The summed E-state index contributed by atoms with van der Waals surface area (Å²) >= 11 is 6.33. The van der Waals surface area contributed by atoms with Gasteiger partial charge in [0.05, 0.1) is 28.0 Å². The molecule has 3 aromatic rings. The van der Waals surface area contributed by atoms with Gasteiger partial charge in [-0.25, -0.2) is 9.80 Å². The van der Waals surface area contributed by atoms with E-state index in [1.807, 2.05) is 12.2 Å². The van der Waals surface area contributed by atoms with Gasteiger partial charge < -0.3 is 4.74 Å². The number of allylic oxidation sites excluding steroid dienone is 2. The molecule has 1 saturated heterocycles. The van der Waals surface area contributed by atoms with Crippen LogP contribution in [0.25, 0.3) is 0 Å². The van der Waals surface area contributed by atoms with Crippen LogP contribution >= 0.6 is 11.6 Å². The van der Waals surface area contributed by atoms with E-state index < -0.39 is 47.9 Å². The molecule has 210 valence electrons. The number of carbonyl (C=O) groups is 5. The number of esters is 1. The minimum atomic E-state index is -0.715. The summed E-state index contributed by atoms with van der Waals surface area (Å²) in [6.07, 6.45) is 5.10. The number of hydrogen-bond acceptors (Lipinski definition) is 6. The molecule has 2 bridgehead atoms. The Balaban J connectivity index is 1.15. The predicted molar refractivity (Wildman–Crippen MR) is 151 cm³/mol. The van der Waals surface area contributed by atoms with Gasteiger partial charge in [-0.05, 0) is 78.6 Å². The molecule has 0 N–H and O–H groups in total. The van der Waals surface area contributed by atoms with Crippen LogP contribution in [-0.4, -0.2) is 46.0 Å². The molecule has 0 spiro atoms. The maximum atomic E-state index is 13.8. The van der Waals surface area contributed by atoms with Crippen molar-refractivity contribution in [2.24, 2.45) is 35.5 Å². The molecular weight excluding hydrogens is 556 g/mol. The molecule has 2 saturated carbocycles. The summed E-state index contributed by atoms with van der Waals surface area (Å²) < 4.78 is 5.39. The third-order valence-corrected chi connectivity index (χ3v) is 9.24. The number of halogens is 1. The van der Waals surface area contributed by atoms with Crippen LogP contribution in [0.1, 0.15) is 37.5 Å². The Hall–Kier alpha value is -4.56. The van der Waals surface area contributed by atoms with E-state index in [0.717, 1.165) is 16.4 Å². The van der Waals surface area contributed by atoms with Crippen LogP contribution in [0.15, 0.2) is 91.0 Å². The van der Waals surface area contributed by atoms with Crippen molar-refractivity contribution in [3.05, 3.63) is 113 Å².